The lowest BCUT2D eigenvalue weighted by Gasteiger charge is -2.05. The number of carbonyl (C=O) groups is 2. The number of ether oxygens (including phenoxy) is 2. The molecule has 8 heteroatoms. The van der Waals surface area contributed by atoms with Crippen molar-refractivity contribution in [2.75, 3.05) is 14.2 Å². The first kappa shape index (κ1) is 17.2. The zero-order valence-corrected chi connectivity index (χ0v) is 12.7. The van der Waals surface area contributed by atoms with Gasteiger partial charge in [-0.15, -0.1) is 10.2 Å². The van der Waals surface area contributed by atoms with Crippen molar-refractivity contribution in [3.05, 3.63) is 59.2 Å². The minimum absolute atomic E-state index is 0.0225. The van der Waals surface area contributed by atoms with Gasteiger partial charge in [0.15, 0.2) is 17.3 Å². The molecular formula is C16H12F2N2O4. The van der Waals surface area contributed by atoms with Crippen molar-refractivity contribution in [1.29, 1.82) is 0 Å². The van der Waals surface area contributed by atoms with E-state index in [0.29, 0.717) is 0 Å². The largest absolute Gasteiger partial charge is 0.465 e. The van der Waals surface area contributed by atoms with Crippen LogP contribution in [0.15, 0.2) is 46.6 Å². The molecule has 0 amide bonds. The zero-order valence-electron chi connectivity index (χ0n) is 12.7. The topological polar surface area (TPSA) is 77.3 Å². The summed E-state index contributed by atoms with van der Waals surface area (Å²) >= 11 is 0. The second-order valence-electron chi connectivity index (χ2n) is 4.49. The number of esters is 2. The molecule has 0 aliphatic carbocycles. The Bertz CT molecular complexity index is 801. The lowest BCUT2D eigenvalue weighted by Crippen LogP contribution is -2.05. The van der Waals surface area contributed by atoms with Crippen LogP contribution in [-0.4, -0.2) is 26.2 Å². The highest BCUT2D eigenvalue weighted by Gasteiger charge is 2.16. The summed E-state index contributed by atoms with van der Waals surface area (Å²) in [6, 6.07) is 7.04. The van der Waals surface area contributed by atoms with Gasteiger partial charge in [-0.05, 0) is 30.3 Å². The molecule has 124 valence electrons. The lowest BCUT2D eigenvalue weighted by molar-refractivity contribution is 0.0587. The van der Waals surface area contributed by atoms with E-state index >= 15 is 0 Å². The summed E-state index contributed by atoms with van der Waals surface area (Å²) in [5.41, 5.74) is -0.636. The van der Waals surface area contributed by atoms with Crippen LogP contribution in [0.3, 0.4) is 0 Å². The van der Waals surface area contributed by atoms with Gasteiger partial charge in [0.25, 0.3) is 0 Å². The van der Waals surface area contributed by atoms with Crippen molar-refractivity contribution in [1.82, 2.24) is 0 Å². The molecule has 0 radical (unpaired) electrons. The van der Waals surface area contributed by atoms with E-state index in [9.17, 15) is 18.4 Å². The summed E-state index contributed by atoms with van der Waals surface area (Å²) in [4.78, 5) is 23.3. The molecule has 0 aliphatic rings. The van der Waals surface area contributed by atoms with Gasteiger partial charge in [-0.25, -0.2) is 18.4 Å². The fraction of sp³-hybridized carbons (Fsp3) is 0.125. The fourth-order valence-corrected chi connectivity index (χ4v) is 1.83. The molecule has 0 aromatic heterocycles. The standard InChI is InChI=1S/C16H12F2N2O4/c1-23-15(21)9-6-7-10(16(22)24-2)13(8-9)19-20-14-11(17)4-3-5-12(14)18/h3-8H,1-2H3. The molecule has 0 heterocycles. The monoisotopic (exact) mass is 334 g/mol. The first-order valence-electron chi connectivity index (χ1n) is 6.64. The molecule has 2 rings (SSSR count). The van der Waals surface area contributed by atoms with Crippen molar-refractivity contribution in [2.45, 2.75) is 0 Å². The minimum Gasteiger partial charge on any atom is -0.465 e. The van der Waals surface area contributed by atoms with E-state index in [4.69, 9.17) is 0 Å². The third-order valence-electron chi connectivity index (χ3n) is 3.02. The number of azo groups is 1. The van der Waals surface area contributed by atoms with Crippen LogP contribution in [0.25, 0.3) is 0 Å². The van der Waals surface area contributed by atoms with E-state index in [0.717, 1.165) is 19.2 Å². The van der Waals surface area contributed by atoms with Crippen LogP contribution < -0.4 is 0 Å². The Morgan fingerprint density at radius 2 is 1.54 bits per heavy atom. The smallest absolute Gasteiger partial charge is 0.340 e. The van der Waals surface area contributed by atoms with E-state index in [2.05, 4.69) is 19.7 Å². The second kappa shape index (κ2) is 7.40. The van der Waals surface area contributed by atoms with Crippen molar-refractivity contribution in [3.63, 3.8) is 0 Å². The van der Waals surface area contributed by atoms with Gasteiger partial charge < -0.3 is 9.47 Å². The number of hydrogen-bond donors (Lipinski definition) is 0. The molecule has 0 unspecified atom stereocenters. The maximum absolute atomic E-state index is 13.6. The quantitative estimate of drug-likeness (QED) is 0.626. The summed E-state index contributed by atoms with van der Waals surface area (Å²) in [6.45, 7) is 0. The molecule has 0 saturated carbocycles. The molecule has 0 spiro atoms. The third-order valence-corrected chi connectivity index (χ3v) is 3.02. The van der Waals surface area contributed by atoms with E-state index < -0.39 is 29.3 Å². The second-order valence-corrected chi connectivity index (χ2v) is 4.49. The van der Waals surface area contributed by atoms with E-state index in [1.807, 2.05) is 0 Å². The van der Waals surface area contributed by atoms with E-state index in [1.54, 1.807) is 0 Å². The Morgan fingerprint density at radius 1 is 0.917 bits per heavy atom. The van der Waals surface area contributed by atoms with Crippen LogP contribution in [0.1, 0.15) is 20.7 Å². The first-order chi connectivity index (χ1) is 11.5. The Labute approximate surface area is 135 Å². The maximum atomic E-state index is 13.6. The molecule has 0 saturated heterocycles. The van der Waals surface area contributed by atoms with Crippen molar-refractivity contribution in [3.8, 4) is 0 Å². The fourth-order valence-electron chi connectivity index (χ4n) is 1.83. The average molecular weight is 334 g/mol. The summed E-state index contributed by atoms with van der Waals surface area (Å²) in [5, 5.41) is 7.18. The number of rotatable bonds is 4. The number of halogens is 2. The maximum Gasteiger partial charge on any atom is 0.340 e. The molecule has 0 bridgehead atoms. The number of benzene rings is 2. The van der Waals surface area contributed by atoms with Gasteiger partial charge in [0, 0.05) is 0 Å². The summed E-state index contributed by atoms with van der Waals surface area (Å²) in [6.07, 6.45) is 0. The van der Waals surface area contributed by atoms with Gasteiger partial charge in [-0.2, -0.15) is 0 Å². The highest BCUT2D eigenvalue weighted by Crippen LogP contribution is 2.27. The number of methoxy groups -OCH3 is 2. The summed E-state index contributed by atoms with van der Waals surface area (Å²) in [7, 11) is 2.35. The van der Waals surface area contributed by atoms with Gasteiger partial charge in [-0.3, -0.25) is 0 Å². The molecule has 6 nitrogen and oxygen atoms in total. The van der Waals surface area contributed by atoms with Crippen LogP contribution in [0, 0.1) is 11.6 Å². The predicted octanol–water partition coefficient (Wildman–Crippen LogP) is 3.95. The molecule has 24 heavy (non-hydrogen) atoms. The molecule has 0 fully saturated rings. The molecule has 2 aromatic rings. The van der Waals surface area contributed by atoms with Gasteiger partial charge in [0.1, 0.15) is 5.69 Å². The highest BCUT2D eigenvalue weighted by molar-refractivity contribution is 5.98. The molecule has 2 aromatic carbocycles. The van der Waals surface area contributed by atoms with Crippen molar-refractivity contribution in [2.24, 2.45) is 10.2 Å². The Morgan fingerprint density at radius 3 is 2.12 bits per heavy atom. The molecule has 0 aliphatic heterocycles. The van der Waals surface area contributed by atoms with Gasteiger partial charge in [-0.1, -0.05) is 6.07 Å². The zero-order chi connectivity index (χ0) is 17.7. The van der Waals surface area contributed by atoms with E-state index in [1.165, 1.54) is 31.4 Å². The van der Waals surface area contributed by atoms with Crippen LogP contribution in [0.4, 0.5) is 20.2 Å². The van der Waals surface area contributed by atoms with Gasteiger partial charge in [0.2, 0.25) is 0 Å². The number of nitrogens with zero attached hydrogens (tertiary/aromatic N) is 2. The average Bonchev–Trinajstić information content (AvgIpc) is 2.59. The highest BCUT2D eigenvalue weighted by atomic mass is 19.1. The SMILES string of the molecule is COC(=O)c1ccc(C(=O)OC)c(N=Nc2c(F)cccc2F)c1. The van der Waals surface area contributed by atoms with E-state index in [-0.39, 0.29) is 16.8 Å². The van der Waals surface area contributed by atoms with Crippen LogP contribution in [-0.2, 0) is 9.47 Å². The van der Waals surface area contributed by atoms with Crippen molar-refractivity contribution < 1.29 is 27.8 Å². The number of carbonyl (C=O) groups excluding carboxylic acids is 2. The summed E-state index contributed by atoms with van der Waals surface area (Å²) < 4.78 is 36.3. The first-order valence-corrected chi connectivity index (χ1v) is 6.64. The Balaban J connectivity index is 2.51. The van der Waals surface area contributed by atoms with Crippen LogP contribution in [0.2, 0.25) is 0 Å². The van der Waals surface area contributed by atoms with Crippen LogP contribution in [0.5, 0.6) is 0 Å². The predicted molar refractivity (Wildman–Crippen MR) is 79.7 cm³/mol. The Hall–Kier alpha value is -3.16. The van der Waals surface area contributed by atoms with Crippen molar-refractivity contribution >= 4 is 23.3 Å². The lowest BCUT2D eigenvalue weighted by atomic mass is 10.1. The van der Waals surface area contributed by atoms with Crippen LogP contribution >= 0.6 is 0 Å². The molecule has 0 atom stereocenters. The normalized spacial score (nSPS) is 10.7. The molecule has 0 N–H and O–H groups in total. The summed E-state index contributed by atoms with van der Waals surface area (Å²) in [5.74, 6) is -3.24. The minimum atomic E-state index is -0.914. The third kappa shape index (κ3) is 3.60. The molecular weight excluding hydrogens is 322 g/mol. The Kier molecular flexibility index (Phi) is 5.31. The van der Waals surface area contributed by atoms with Gasteiger partial charge >= 0.3 is 11.9 Å². The number of hydrogen-bond acceptors (Lipinski definition) is 6. The van der Waals surface area contributed by atoms with Gasteiger partial charge in [0.05, 0.1) is 25.3 Å².